The zero-order chi connectivity index (χ0) is 13.8. The Kier molecular flexibility index (Phi) is 4.78. The average molecular weight is 289 g/mol. The van der Waals surface area contributed by atoms with E-state index in [0.29, 0.717) is 0 Å². The summed E-state index contributed by atoms with van der Waals surface area (Å²) in [5.41, 5.74) is -5.47. The van der Waals surface area contributed by atoms with Gasteiger partial charge in [0.25, 0.3) is 0 Å². The third-order valence-electron chi connectivity index (χ3n) is 1.92. The van der Waals surface area contributed by atoms with Gasteiger partial charge in [0.05, 0.1) is 5.56 Å². The molecule has 0 aliphatic rings. The van der Waals surface area contributed by atoms with Crippen molar-refractivity contribution in [3.63, 3.8) is 0 Å². The Morgan fingerprint density at radius 2 is 1.61 bits per heavy atom. The summed E-state index contributed by atoms with van der Waals surface area (Å²) in [7, 11) is 0. The van der Waals surface area contributed by atoms with E-state index in [0.717, 1.165) is 6.07 Å². The van der Waals surface area contributed by atoms with Gasteiger partial charge in [-0.15, -0.1) is 0 Å². The molecule has 1 nitrogen and oxygen atoms in total. The lowest BCUT2D eigenvalue weighted by Gasteiger charge is -2.14. The van der Waals surface area contributed by atoms with Gasteiger partial charge in [-0.1, -0.05) is 12.1 Å². The Morgan fingerprint density at radius 1 is 1.00 bits per heavy atom. The van der Waals surface area contributed by atoms with Crippen molar-refractivity contribution in [2.45, 2.75) is 11.7 Å². The molecule has 1 aromatic rings. The van der Waals surface area contributed by atoms with Crippen molar-refractivity contribution in [2.75, 3.05) is 17.6 Å². The number of halogens is 6. The van der Waals surface area contributed by atoms with Crippen LogP contribution < -0.4 is 5.32 Å². The lowest BCUT2D eigenvalue weighted by Crippen LogP contribution is -2.14. The van der Waals surface area contributed by atoms with Crippen molar-refractivity contribution in [3.05, 3.63) is 29.8 Å². The second kappa shape index (κ2) is 5.73. The van der Waals surface area contributed by atoms with Crippen LogP contribution in [0.15, 0.2) is 24.3 Å². The van der Waals surface area contributed by atoms with Crippen LogP contribution in [-0.4, -0.2) is 17.8 Å². The van der Waals surface area contributed by atoms with E-state index < -0.39 is 17.2 Å². The zero-order valence-electron chi connectivity index (χ0n) is 8.90. The molecule has 0 spiro atoms. The van der Waals surface area contributed by atoms with Crippen LogP contribution >= 0.6 is 11.8 Å². The topological polar surface area (TPSA) is 12.0 Å². The van der Waals surface area contributed by atoms with Gasteiger partial charge in [0.1, 0.15) is 0 Å². The zero-order valence-corrected chi connectivity index (χ0v) is 9.72. The molecular weight excluding hydrogens is 280 g/mol. The number of anilines is 1. The Morgan fingerprint density at radius 3 is 2.17 bits per heavy atom. The highest BCUT2D eigenvalue weighted by Gasteiger charge is 2.33. The minimum atomic E-state index is -4.53. The lowest BCUT2D eigenvalue weighted by atomic mass is 10.1. The van der Waals surface area contributed by atoms with E-state index in [2.05, 4.69) is 5.32 Å². The molecule has 0 saturated heterocycles. The first-order valence-corrected chi connectivity index (χ1v) is 5.79. The standard InChI is InChI=1S/C10H9F6NS/c11-9(12,13)7-3-1-2-4-8(7)17-5-6-18-10(14,15)16/h1-4,17H,5-6H2. The van der Waals surface area contributed by atoms with Gasteiger partial charge in [0.15, 0.2) is 0 Å². The van der Waals surface area contributed by atoms with Crippen molar-refractivity contribution in [2.24, 2.45) is 0 Å². The van der Waals surface area contributed by atoms with E-state index in [-0.39, 0.29) is 29.7 Å². The summed E-state index contributed by atoms with van der Waals surface area (Å²) in [4.78, 5) is 0. The molecule has 0 amide bonds. The number of para-hydroxylation sites is 1. The van der Waals surface area contributed by atoms with Crippen LogP contribution in [0.4, 0.5) is 32.0 Å². The molecule has 0 fully saturated rings. The third kappa shape index (κ3) is 5.07. The average Bonchev–Trinajstić information content (AvgIpc) is 2.22. The predicted molar refractivity (Wildman–Crippen MR) is 58.4 cm³/mol. The molecule has 0 bridgehead atoms. The summed E-state index contributed by atoms with van der Waals surface area (Å²) in [5, 5.41) is 2.35. The molecule has 0 aliphatic carbocycles. The molecule has 0 saturated carbocycles. The van der Waals surface area contributed by atoms with Gasteiger partial charge in [-0.25, -0.2) is 0 Å². The predicted octanol–water partition coefficient (Wildman–Crippen LogP) is 4.37. The molecule has 1 aromatic carbocycles. The SMILES string of the molecule is FC(F)(F)SCCNc1ccccc1C(F)(F)F. The molecule has 0 aromatic heterocycles. The maximum absolute atomic E-state index is 12.5. The Bertz CT molecular complexity index is 387. The molecule has 0 aliphatic heterocycles. The first-order valence-electron chi connectivity index (χ1n) is 4.81. The highest BCUT2D eigenvalue weighted by Crippen LogP contribution is 2.35. The number of hydrogen-bond donors (Lipinski definition) is 1. The largest absolute Gasteiger partial charge is 0.441 e. The molecule has 0 radical (unpaired) electrons. The number of thioether (sulfide) groups is 1. The van der Waals surface area contributed by atoms with Crippen LogP contribution in [0.25, 0.3) is 0 Å². The summed E-state index contributed by atoms with van der Waals surface area (Å²) in [6.07, 6.45) is -4.53. The van der Waals surface area contributed by atoms with Gasteiger partial charge >= 0.3 is 11.7 Å². The van der Waals surface area contributed by atoms with E-state index in [1.54, 1.807) is 0 Å². The van der Waals surface area contributed by atoms with Crippen molar-refractivity contribution >= 4 is 17.4 Å². The highest BCUT2D eigenvalue weighted by atomic mass is 32.2. The maximum atomic E-state index is 12.5. The monoisotopic (exact) mass is 289 g/mol. The van der Waals surface area contributed by atoms with Gasteiger partial charge in [-0.3, -0.25) is 0 Å². The van der Waals surface area contributed by atoms with Gasteiger partial charge in [0.2, 0.25) is 0 Å². The number of nitrogens with one attached hydrogen (secondary N) is 1. The fourth-order valence-electron chi connectivity index (χ4n) is 1.24. The smallest absolute Gasteiger partial charge is 0.384 e. The molecule has 102 valence electrons. The fraction of sp³-hybridized carbons (Fsp3) is 0.400. The molecule has 0 atom stereocenters. The van der Waals surface area contributed by atoms with Crippen molar-refractivity contribution in [1.29, 1.82) is 0 Å². The van der Waals surface area contributed by atoms with Gasteiger partial charge in [-0.05, 0) is 23.9 Å². The van der Waals surface area contributed by atoms with E-state index in [9.17, 15) is 26.3 Å². The van der Waals surface area contributed by atoms with Crippen LogP contribution in [0.2, 0.25) is 0 Å². The van der Waals surface area contributed by atoms with E-state index >= 15 is 0 Å². The first kappa shape index (κ1) is 15.0. The lowest BCUT2D eigenvalue weighted by molar-refractivity contribution is -0.136. The maximum Gasteiger partial charge on any atom is 0.441 e. The summed E-state index contributed by atoms with van der Waals surface area (Å²) in [6.45, 7) is -0.197. The van der Waals surface area contributed by atoms with E-state index in [1.807, 2.05) is 0 Å². The summed E-state index contributed by atoms with van der Waals surface area (Å²) in [5.74, 6) is -0.351. The normalized spacial score (nSPS) is 12.6. The van der Waals surface area contributed by atoms with Crippen LogP contribution in [-0.2, 0) is 6.18 Å². The van der Waals surface area contributed by atoms with Crippen molar-refractivity contribution in [3.8, 4) is 0 Å². The van der Waals surface area contributed by atoms with Crippen molar-refractivity contribution in [1.82, 2.24) is 0 Å². The Balaban J connectivity index is 2.58. The summed E-state index contributed by atoms with van der Waals surface area (Å²) in [6, 6.07) is 4.66. The van der Waals surface area contributed by atoms with Crippen LogP contribution in [0.1, 0.15) is 5.56 Å². The summed E-state index contributed by atoms with van der Waals surface area (Å²) < 4.78 is 73.0. The van der Waals surface area contributed by atoms with Gasteiger partial charge in [-0.2, -0.15) is 26.3 Å². The highest BCUT2D eigenvalue weighted by molar-refractivity contribution is 8.00. The Hall–Kier alpha value is -1.05. The van der Waals surface area contributed by atoms with E-state index in [1.165, 1.54) is 18.2 Å². The second-order valence-electron chi connectivity index (χ2n) is 3.26. The van der Waals surface area contributed by atoms with Crippen molar-refractivity contribution < 1.29 is 26.3 Å². The molecule has 8 heteroatoms. The number of rotatable bonds is 4. The quantitative estimate of drug-likeness (QED) is 0.652. The molecule has 1 N–H and O–H groups in total. The Labute approximate surface area is 104 Å². The minimum Gasteiger partial charge on any atom is -0.384 e. The fourth-order valence-corrected chi connectivity index (χ4v) is 1.67. The number of hydrogen-bond acceptors (Lipinski definition) is 2. The minimum absolute atomic E-state index is 0.197. The number of benzene rings is 1. The molecule has 18 heavy (non-hydrogen) atoms. The van der Waals surface area contributed by atoms with Gasteiger partial charge in [0, 0.05) is 18.0 Å². The van der Waals surface area contributed by atoms with Crippen LogP contribution in [0, 0.1) is 0 Å². The molecule has 1 rings (SSSR count). The van der Waals surface area contributed by atoms with Crippen LogP contribution in [0.3, 0.4) is 0 Å². The molecule has 0 unspecified atom stereocenters. The van der Waals surface area contributed by atoms with E-state index in [4.69, 9.17) is 0 Å². The third-order valence-corrected chi connectivity index (χ3v) is 2.65. The van der Waals surface area contributed by atoms with Crippen LogP contribution in [0.5, 0.6) is 0 Å². The summed E-state index contributed by atoms with van der Waals surface area (Å²) >= 11 is -0.278. The molecule has 0 heterocycles. The van der Waals surface area contributed by atoms with Gasteiger partial charge < -0.3 is 5.32 Å². The second-order valence-corrected chi connectivity index (χ2v) is 4.42. The first-order chi connectivity index (χ1) is 8.20. The molecular formula is C10H9F6NS. The number of alkyl halides is 6.